The molecule has 2 aromatic rings. The van der Waals surface area contributed by atoms with E-state index in [0.717, 1.165) is 0 Å². The van der Waals surface area contributed by atoms with Crippen LogP contribution in [0.3, 0.4) is 0 Å². The van der Waals surface area contributed by atoms with Crippen molar-refractivity contribution in [2.75, 3.05) is 5.73 Å². The molecule has 0 radical (unpaired) electrons. The number of nitrogens with zero attached hydrogens (tertiary/aromatic N) is 1. The minimum Gasteiger partial charge on any atom is -0.445 e. The number of nitrogen functional groups attached to an aromatic ring is 1. The predicted molar refractivity (Wildman–Crippen MR) is 73.8 cm³/mol. The molecule has 0 aliphatic carbocycles. The highest BCUT2D eigenvalue weighted by Gasteiger charge is 2.18. The molecule has 0 amide bonds. The van der Waals surface area contributed by atoms with E-state index >= 15 is 0 Å². The van der Waals surface area contributed by atoms with Gasteiger partial charge in [0.25, 0.3) is 0 Å². The van der Waals surface area contributed by atoms with Crippen molar-refractivity contribution in [3.63, 3.8) is 0 Å². The lowest BCUT2D eigenvalue weighted by molar-refractivity contribution is 0.463. The van der Waals surface area contributed by atoms with Crippen molar-refractivity contribution in [3.8, 4) is 0 Å². The van der Waals surface area contributed by atoms with E-state index in [1.807, 2.05) is 0 Å². The first-order chi connectivity index (χ1) is 8.88. The summed E-state index contributed by atoms with van der Waals surface area (Å²) in [5.41, 5.74) is 5.86. The van der Waals surface area contributed by atoms with Gasteiger partial charge in [0.15, 0.2) is 0 Å². The third-order valence-corrected chi connectivity index (χ3v) is 4.31. The molecule has 0 fully saturated rings. The van der Waals surface area contributed by atoms with Gasteiger partial charge in [-0.3, -0.25) is 0 Å². The third kappa shape index (κ3) is 3.34. The fourth-order valence-electron chi connectivity index (χ4n) is 1.48. The number of nitrogens with one attached hydrogen (secondary N) is 1. The van der Waals surface area contributed by atoms with Crippen LogP contribution in [-0.4, -0.2) is 13.4 Å². The van der Waals surface area contributed by atoms with Gasteiger partial charge in [0.2, 0.25) is 15.9 Å². The Labute approximate surface area is 119 Å². The van der Waals surface area contributed by atoms with E-state index in [1.54, 1.807) is 13.0 Å². The lowest BCUT2D eigenvalue weighted by atomic mass is 10.3. The smallest absolute Gasteiger partial charge is 0.243 e. The summed E-state index contributed by atoms with van der Waals surface area (Å²) < 4.78 is 32.4. The van der Waals surface area contributed by atoms with Crippen molar-refractivity contribution < 1.29 is 12.8 Å². The number of hydrogen-bond acceptors (Lipinski definition) is 5. The van der Waals surface area contributed by atoms with Crippen molar-refractivity contribution in [2.24, 2.45) is 0 Å². The third-order valence-electron chi connectivity index (χ3n) is 2.34. The predicted octanol–water partition coefficient (Wildman–Crippen LogP) is 1.81. The van der Waals surface area contributed by atoms with Gasteiger partial charge in [0, 0.05) is 4.47 Å². The molecule has 1 aromatic carbocycles. The van der Waals surface area contributed by atoms with E-state index in [4.69, 9.17) is 10.2 Å². The van der Waals surface area contributed by atoms with Gasteiger partial charge in [-0.15, -0.1) is 0 Å². The van der Waals surface area contributed by atoms with Gasteiger partial charge < -0.3 is 10.2 Å². The van der Waals surface area contributed by atoms with Crippen LogP contribution in [0, 0.1) is 6.92 Å². The molecule has 0 spiro atoms. The molecule has 3 N–H and O–H groups in total. The number of sulfonamides is 1. The van der Waals surface area contributed by atoms with Gasteiger partial charge in [-0.2, -0.15) is 0 Å². The van der Waals surface area contributed by atoms with E-state index < -0.39 is 10.0 Å². The Bertz CT molecular complexity index is 697. The summed E-state index contributed by atoms with van der Waals surface area (Å²) in [6, 6.07) is 4.58. The van der Waals surface area contributed by atoms with Gasteiger partial charge in [-0.1, -0.05) is 15.9 Å². The zero-order valence-corrected chi connectivity index (χ0v) is 12.5. The van der Waals surface area contributed by atoms with Crippen LogP contribution in [-0.2, 0) is 16.6 Å². The van der Waals surface area contributed by atoms with Crippen LogP contribution in [0.2, 0.25) is 0 Å². The number of nitrogens with two attached hydrogens (primary N) is 1. The molecule has 0 atom stereocenters. The molecule has 19 heavy (non-hydrogen) atoms. The van der Waals surface area contributed by atoms with E-state index in [2.05, 4.69) is 25.6 Å². The maximum absolute atomic E-state index is 12.1. The average molecular weight is 346 g/mol. The number of aromatic nitrogens is 1. The number of halogens is 1. The summed E-state index contributed by atoms with van der Waals surface area (Å²) in [4.78, 5) is 3.94. The summed E-state index contributed by atoms with van der Waals surface area (Å²) >= 11 is 3.22. The van der Waals surface area contributed by atoms with Crippen molar-refractivity contribution in [1.82, 2.24) is 9.71 Å². The van der Waals surface area contributed by atoms with Gasteiger partial charge in [-0.05, 0) is 25.1 Å². The molecule has 0 unspecified atom stereocenters. The van der Waals surface area contributed by atoms with Crippen LogP contribution in [0.15, 0.2) is 38.2 Å². The lowest BCUT2D eigenvalue weighted by Crippen LogP contribution is -2.24. The molecule has 0 aliphatic heterocycles. The largest absolute Gasteiger partial charge is 0.445 e. The zero-order chi connectivity index (χ0) is 14.0. The Morgan fingerprint density at radius 1 is 1.47 bits per heavy atom. The fraction of sp³-hybridized carbons (Fsp3) is 0.182. The first-order valence-corrected chi connectivity index (χ1v) is 7.62. The van der Waals surface area contributed by atoms with Crippen LogP contribution in [0.5, 0.6) is 0 Å². The number of aryl methyl sites for hydroxylation is 1. The van der Waals surface area contributed by atoms with Gasteiger partial charge in [0.1, 0.15) is 10.7 Å². The van der Waals surface area contributed by atoms with Crippen LogP contribution in [0.4, 0.5) is 5.69 Å². The van der Waals surface area contributed by atoms with E-state index in [0.29, 0.717) is 16.1 Å². The van der Waals surface area contributed by atoms with Gasteiger partial charge >= 0.3 is 0 Å². The van der Waals surface area contributed by atoms with Crippen LogP contribution in [0.1, 0.15) is 11.7 Å². The normalized spacial score (nSPS) is 11.7. The van der Waals surface area contributed by atoms with Crippen molar-refractivity contribution in [2.45, 2.75) is 18.4 Å². The molecule has 0 bridgehead atoms. The molecular formula is C11H12BrN3O3S. The second-order valence-corrected chi connectivity index (χ2v) is 6.52. The molecule has 102 valence electrons. The molecule has 1 heterocycles. The van der Waals surface area contributed by atoms with Crippen molar-refractivity contribution >= 4 is 31.6 Å². The molecule has 0 saturated carbocycles. The topological polar surface area (TPSA) is 98.2 Å². The molecule has 0 saturated heterocycles. The second kappa shape index (κ2) is 5.32. The highest BCUT2D eigenvalue weighted by atomic mass is 79.9. The molecular weight excluding hydrogens is 334 g/mol. The summed E-state index contributed by atoms with van der Waals surface area (Å²) in [5, 5.41) is 0. The standard InChI is InChI=1S/C11H12BrN3O3S/c1-7-5-14-11(18-7)6-15-19(16,17)10-3-2-8(12)4-9(10)13/h2-5,15H,6,13H2,1H3. The van der Waals surface area contributed by atoms with E-state index in [9.17, 15) is 8.42 Å². The summed E-state index contributed by atoms with van der Waals surface area (Å²) in [7, 11) is -3.69. The minimum absolute atomic E-state index is 0.0221. The fourth-order valence-corrected chi connectivity index (χ4v) is 2.95. The Hall–Kier alpha value is -1.38. The number of rotatable bonds is 4. The monoisotopic (exact) mass is 345 g/mol. The maximum atomic E-state index is 12.1. The summed E-state index contributed by atoms with van der Waals surface area (Å²) in [5.74, 6) is 0.925. The average Bonchev–Trinajstić information content (AvgIpc) is 2.72. The number of benzene rings is 1. The number of oxazole rings is 1. The van der Waals surface area contributed by atoms with E-state index in [1.165, 1.54) is 18.3 Å². The van der Waals surface area contributed by atoms with Crippen LogP contribution >= 0.6 is 15.9 Å². The SMILES string of the molecule is Cc1cnc(CNS(=O)(=O)c2ccc(Br)cc2N)o1. The Kier molecular flexibility index (Phi) is 3.93. The highest BCUT2D eigenvalue weighted by molar-refractivity contribution is 9.10. The lowest BCUT2D eigenvalue weighted by Gasteiger charge is -2.08. The molecule has 2 rings (SSSR count). The maximum Gasteiger partial charge on any atom is 0.243 e. The van der Waals surface area contributed by atoms with Gasteiger partial charge in [-0.25, -0.2) is 18.1 Å². The molecule has 1 aromatic heterocycles. The molecule has 0 aliphatic rings. The van der Waals surface area contributed by atoms with Crippen molar-refractivity contribution in [3.05, 3.63) is 40.5 Å². The number of hydrogen-bond donors (Lipinski definition) is 2. The Balaban J connectivity index is 2.18. The second-order valence-electron chi connectivity index (χ2n) is 3.87. The summed E-state index contributed by atoms with van der Waals surface area (Å²) in [6.07, 6.45) is 1.53. The first-order valence-electron chi connectivity index (χ1n) is 5.34. The minimum atomic E-state index is -3.69. The molecule has 8 heteroatoms. The zero-order valence-electron chi connectivity index (χ0n) is 10.1. The van der Waals surface area contributed by atoms with Crippen LogP contribution in [0.25, 0.3) is 0 Å². The quantitative estimate of drug-likeness (QED) is 0.823. The van der Waals surface area contributed by atoms with E-state index in [-0.39, 0.29) is 17.1 Å². The van der Waals surface area contributed by atoms with Crippen LogP contribution < -0.4 is 10.5 Å². The summed E-state index contributed by atoms with van der Waals surface area (Å²) in [6.45, 7) is 1.71. The first kappa shape index (κ1) is 14.0. The Morgan fingerprint density at radius 3 is 2.79 bits per heavy atom. The van der Waals surface area contributed by atoms with Crippen molar-refractivity contribution in [1.29, 1.82) is 0 Å². The van der Waals surface area contributed by atoms with Gasteiger partial charge in [0.05, 0.1) is 18.4 Å². The number of anilines is 1. The molecule has 6 nitrogen and oxygen atoms in total. The highest BCUT2D eigenvalue weighted by Crippen LogP contribution is 2.22. The Morgan fingerprint density at radius 2 is 2.21 bits per heavy atom.